The summed E-state index contributed by atoms with van der Waals surface area (Å²) in [6, 6.07) is -0.122. The smallest absolute Gasteiger partial charge is 0.345 e. The summed E-state index contributed by atoms with van der Waals surface area (Å²) >= 11 is 1.12. The molecular weight excluding hydrogens is 242 g/mol. The van der Waals surface area contributed by atoms with Crippen molar-refractivity contribution in [1.82, 2.24) is 4.37 Å². The van der Waals surface area contributed by atoms with Crippen LogP contribution in [-0.2, 0) is 4.74 Å². The van der Waals surface area contributed by atoms with Gasteiger partial charge in [-0.25, -0.2) is 4.79 Å². The average molecular weight is 259 g/mol. The summed E-state index contributed by atoms with van der Waals surface area (Å²) in [7, 11) is 1.77. The molecule has 0 bridgehead atoms. The normalized spacial score (nSPS) is 12.2. The molecule has 0 aliphatic heterocycles. The van der Waals surface area contributed by atoms with E-state index in [0.717, 1.165) is 11.5 Å². The van der Waals surface area contributed by atoms with E-state index in [0.29, 0.717) is 5.00 Å². The Morgan fingerprint density at radius 1 is 1.71 bits per heavy atom. The summed E-state index contributed by atoms with van der Waals surface area (Å²) in [5, 5.41) is 9.71. The van der Waals surface area contributed by atoms with E-state index in [2.05, 4.69) is 4.37 Å². The van der Waals surface area contributed by atoms with Crippen LogP contribution in [-0.4, -0.2) is 41.8 Å². The molecule has 6 nitrogen and oxygen atoms in total. The van der Waals surface area contributed by atoms with Crippen LogP contribution in [0, 0.1) is 0 Å². The lowest BCUT2D eigenvalue weighted by atomic mass is 10.2. The van der Waals surface area contributed by atoms with Gasteiger partial charge >= 0.3 is 5.97 Å². The maximum Gasteiger partial charge on any atom is 0.345 e. The summed E-state index contributed by atoms with van der Waals surface area (Å²) in [6.45, 7) is 3.84. The maximum atomic E-state index is 11.7. The molecule has 1 atom stereocenters. The van der Waals surface area contributed by atoms with Gasteiger partial charge in [0.05, 0.1) is 13.2 Å². The van der Waals surface area contributed by atoms with Gasteiger partial charge in [0.15, 0.2) is 5.82 Å². The van der Waals surface area contributed by atoms with Gasteiger partial charge in [0.25, 0.3) is 0 Å². The van der Waals surface area contributed by atoms with E-state index in [9.17, 15) is 4.79 Å². The van der Waals surface area contributed by atoms with Crippen molar-refractivity contribution in [3.05, 3.63) is 5.56 Å². The molecular formula is C10H17N3O3S. The molecule has 1 aromatic rings. The van der Waals surface area contributed by atoms with E-state index >= 15 is 0 Å². The fourth-order valence-corrected chi connectivity index (χ4v) is 2.12. The number of ether oxygens (including phenoxy) is 1. The number of aromatic nitrogens is 1. The minimum Gasteiger partial charge on any atom is -0.462 e. The molecule has 0 spiro atoms. The Kier molecular flexibility index (Phi) is 4.71. The van der Waals surface area contributed by atoms with Crippen LogP contribution in [0.5, 0.6) is 0 Å². The minimum absolute atomic E-state index is 0.0173. The first kappa shape index (κ1) is 13.7. The van der Waals surface area contributed by atoms with Crippen molar-refractivity contribution in [1.29, 1.82) is 0 Å². The lowest BCUT2D eigenvalue weighted by Crippen LogP contribution is -2.32. The molecule has 0 amide bonds. The number of aliphatic hydroxyl groups excluding tert-OH is 1. The summed E-state index contributed by atoms with van der Waals surface area (Å²) in [5.74, 6) is -0.314. The van der Waals surface area contributed by atoms with Gasteiger partial charge in [0, 0.05) is 13.1 Å². The molecule has 1 rings (SSSR count). The quantitative estimate of drug-likeness (QED) is 0.757. The molecule has 1 unspecified atom stereocenters. The first-order chi connectivity index (χ1) is 8.02. The fraction of sp³-hybridized carbons (Fsp3) is 0.600. The van der Waals surface area contributed by atoms with Gasteiger partial charge in [0.1, 0.15) is 10.6 Å². The lowest BCUT2D eigenvalue weighted by Gasteiger charge is -2.23. The summed E-state index contributed by atoms with van der Waals surface area (Å²) in [4.78, 5) is 13.5. The molecule has 17 heavy (non-hydrogen) atoms. The van der Waals surface area contributed by atoms with Crippen molar-refractivity contribution >= 4 is 28.3 Å². The van der Waals surface area contributed by atoms with Gasteiger partial charge in [-0.15, -0.1) is 0 Å². The molecule has 0 aliphatic carbocycles. The van der Waals surface area contributed by atoms with Crippen molar-refractivity contribution in [2.45, 2.75) is 19.9 Å². The van der Waals surface area contributed by atoms with Crippen molar-refractivity contribution in [3.8, 4) is 0 Å². The molecule has 0 saturated heterocycles. The number of nitrogens with two attached hydrogens (primary N) is 1. The molecule has 0 aromatic carbocycles. The highest BCUT2D eigenvalue weighted by Gasteiger charge is 2.24. The number of likely N-dealkylation sites (N-methyl/N-ethyl adjacent to an activating group) is 1. The monoisotopic (exact) mass is 259 g/mol. The van der Waals surface area contributed by atoms with Crippen LogP contribution in [0.4, 0.5) is 10.8 Å². The van der Waals surface area contributed by atoms with Crippen LogP contribution in [0.1, 0.15) is 24.2 Å². The van der Waals surface area contributed by atoms with E-state index in [4.69, 9.17) is 15.6 Å². The molecule has 0 aliphatic rings. The Hall–Kier alpha value is -1.34. The molecule has 1 aromatic heterocycles. The Balaban J connectivity index is 3.05. The number of carbonyl (C=O) groups is 1. The second kappa shape index (κ2) is 5.83. The third-order valence-electron chi connectivity index (χ3n) is 2.43. The summed E-state index contributed by atoms with van der Waals surface area (Å²) in [5.41, 5.74) is 5.94. The number of esters is 1. The van der Waals surface area contributed by atoms with E-state index in [1.807, 2.05) is 6.92 Å². The zero-order valence-electron chi connectivity index (χ0n) is 10.1. The topological polar surface area (TPSA) is 88.7 Å². The molecule has 0 radical (unpaired) electrons. The molecule has 1 heterocycles. The van der Waals surface area contributed by atoms with Gasteiger partial charge < -0.3 is 20.5 Å². The second-order valence-electron chi connectivity index (χ2n) is 3.61. The highest BCUT2D eigenvalue weighted by atomic mass is 32.1. The van der Waals surface area contributed by atoms with Gasteiger partial charge in [-0.3, -0.25) is 0 Å². The Morgan fingerprint density at radius 2 is 2.35 bits per heavy atom. The van der Waals surface area contributed by atoms with Crippen molar-refractivity contribution in [2.75, 3.05) is 30.9 Å². The Bertz CT molecular complexity index is 394. The number of hydrogen-bond acceptors (Lipinski definition) is 7. The van der Waals surface area contributed by atoms with Crippen molar-refractivity contribution in [3.63, 3.8) is 0 Å². The Labute approximate surface area is 104 Å². The predicted octanol–water partition coefficient (Wildman–Crippen LogP) is 0.719. The zero-order chi connectivity index (χ0) is 13.0. The number of nitrogen functional groups attached to an aromatic ring is 1. The summed E-state index contributed by atoms with van der Waals surface area (Å²) < 4.78 is 8.88. The fourth-order valence-electron chi connectivity index (χ4n) is 1.25. The summed E-state index contributed by atoms with van der Waals surface area (Å²) in [6.07, 6.45) is 0. The van der Waals surface area contributed by atoms with Gasteiger partial charge in [-0.2, -0.15) is 4.37 Å². The van der Waals surface area contributed by atoms with Gasteiger partial charge in [-0.1, -0.05) is 0 Å². The highest BCUT2D eigenvalue weighted by Crippen LogP contribution is 2.31. The minimum atomic E-state index is -0.481. The number of carbonyl (C=O) groups excluding carboxylic acids is 1. The third kappa shape index (κ3) is 2.86. The van der Waals surface area contributed by atoms with E-state index in [1.54, 1.807) is 18.9 Å². The zero-order valence-corrected chi connectivity index (χ0v) is 11.0. The number of anilines is 2. The number of hydrogen-bond donors (Lipinski definition) is 2. The highest BCUT2D eigenvalue weighted by molar-refractivity contribution is 7.11. The molecule has 7 heteroatoms. The second-order valence-corrected chi connectivity index (χ2v) is 4.36. The van der Waals surface area contributed by atoms with Crippen LogP contribution in [0.3, 0.4) is 0 Å². The number of nitrogens with zero attached hydrogens (tertiary/aromatic N) is 2. The molecule has 0 saturated carbocycles. The molecule has 0 fully saturated rings. The molecule has 96 valence electrons. The maximum absolute atomic E-state index is 11.7. The van der Waals surface area contributed by atoms with Crippen LogP contribution >= 0.6 is 11.5 Å². The van der Waals surface area contributed by atoms with Crippen LogP contribution in [0.2, 0.25) is 0 Å². The van der Waals surface area contributed by atoms with Crippen LogP contribution in [0.25, 0.3) is 0 Å². The van der Waals surface area contributed by atoms with Crippen molar-refractivity contribution < 1.29 is 14.6 Å². The lowest BCUT2D eigenvalue weighted by molar-refractivity contribution is 0.0528. The SMILES string of the molecule is CCOC(=O)c1c(N)nsc1N(C)C(C)CO. The van der Waals surface area contributed by atoms with Gasteiger partial charge in [-0.05, 0) is 25.4 Å². The van der Waals surface area contributed by atoms with Crippen LogP contribution < -0.4 is 10.6 Å². The first-order valence-electron chi connectivity index (χ1n) is 5.28. The Morgan fingerprint density at radius 3 is 2.88 bits per heavy atom. The number of aliphatic hydroxyl groups is 1. The van der Waals surface area contributed by atoms with Crippen LogP contribution in [0.15, 0.2) is 0 Å². The van der Waals surface area contributed by atoms with Gasteiger partial charge in [0.2, 0.25) is 0 Å². The van der Waals surface area contributed by atoms with Crippen molar-refractivity contribution in [2.24, 2.45) is 0 Å². The average Bonchev–Trinajstić information content (AvgIpc) is 2.69. The van der Waals surface area contributed by atoms with E-state index in [-0.39, 0.29) is 30.6 Å². The predicted molar refractivity (Wildman–Crippen MR) is 67.4 cm³/mol. The number of rotatable bonds is 5. The first-order valence-corrected chi connectivity index (χ1v) is 6.06. The standard InChI is InChI=1S/C10H17N3O3S/c1-4-16-10(15)7-8(11)12-17-9(7)13(3)6(2)5-14/h6,14H,4-5H2,1-3H3,(H2,11,12). The largest absolute Gasteiger partial charge is 0.462 e. The third-order valence-corrected chi connectivity index (χ3v) is 3.38. The molecule has 3 N–H and O–H groups in total. The van der Waals surface area contributed by atoms with E-state index < -0.39 is 5.97 Å². The van der Waals surface area contributed by atoms with E-state index in [1.165, 1.54) is 0 Å².